The number of hydrogen-bond donors (Lipinski definition) is 0. The van der Waals surface area contributed by atoms with Crippen LogP contribution in [0.3, 0.4) is 0 Å². The molecule has 2 rings (SSSR count). The molecule has 0 amide bonds. The quantitative estimate of drug-likeness (QED) is 0.757. The van der Waals surface area contributed by atoms with Crippen molar-refractivity contribution in [1.29, 1.82) is 0 Å². The van der Waals surface area contributed by atoms with Crippen LogP contribution in [0.1, 0.15) is 5.56 Å². The first-order valence-corrected chi connectivity index (χ1v) is 7.03. The van der Waals surface area contributed by atoms with Crippen LogP contribution >= 0.6 is 0 Å². The van der Waals surface area contributed by atoms with Crippen molar-refractivity contribution in [2.24, 2.45) is 0 Å². The second-order valence-corrected chi connectivity index (χ2v) is 5.85. The van der Waals surface area contributed by atoms with Crippen molar-refractivity contribution in [1.82, 2.24) is 4.98 Å². The lowest BCUT2D eigenvalue weighted by atomic mass is 10.2. The van der Waals surface area contributed by atoms with Gasteiger partial charge in [0.1, 0.15) is 0 Å². The topological polar surface area (TPSA) is 50.9 Å². The first kappa shape index (κ1) is 11.7. The molecule has 0 aliphatic carbocycles. The number of aromatic nitrogens is 2. The molecule has 0 aliphatic rings. The highest BCUT2D eigenvalue weighted by molar-refractivity contribution is 7.90. The fourth-order valence-corrected chi connectivity index (χ4v) is 2.23. The maximum absolute atomic E-state index is 11.4. The normalized spacial score (nSPS) is 11.4. The van der Waals surface area contributed by atoms with Gasteiger partial charge in [0.05, 0.1) is 17.3 Å². The number of rotatable bonds is 3. The van der Waals surface area contributed by atoms with Gasteiger partial charge in [-0.2, -0.15) is 4.57 Å². The molecule has 0 saturated carbocycles. The molecule has 0 saturated heterocycles. The van der Waals surface area contributed by atoms with E-state index in [4.69, 9.17) is 0 Å². The summed E-state index contributed by atoms with van der Waals surface area (Å²) in [6.45, 7) is 0.631. The van der Waals surface area contributed by atoms with E-state index in [1.807, 2.05) is 23.0 Å². The minimum Gasteiger partial charge on any atom is -0.252 e. The molecule has 1 aromatic heterocycles. The van der Waals surface area contributed by atoms with E-state index in [0.29, 0.717) is 11.4 Å². The van der Waals surface area contributed by atoms with E-state index in [2.05, 4.69) is 4.98 Å². The van der Waals surface area contributed by atoms with Gasteiger partial charge in [-0.1, -0.05) is 12.1 Å². The van der Waals surface area contributed by atoms with Crippen LogP contribution in [0.25, 0.3) is 0 Å². The van der Waals surface area contributed by atoms with Gasteiger partial charge in [0.15, 0.2) is 28.8 Å². The number of benzene rings is 1. The van der Waals surface area contributed by atoms with E-state index in [-0.39, 0.29) is 0 Å². The van der Waals surface area contributed by atoms with Gasteiger partial charge in [0.25, 0.3) is 0 Å². The SMILES string of the molecule is CS(=O)(=O)c1cccc(C[n+]2ccncc2)c1. The Morgan fingerprint density at radius 3 is 2.59 bits per heavy atom. The highest BCUT2D eigenvalue weighted by atomic mass is 32.2. The molecule has 88 valence electrons. The predicted octanol–water partition coefficient (Wildman–Crippen LogP) is 0.821. The largest absolute Gasteiger partial charge is 0.252 e. The summed E-state index contributed by atoms with van der Waals surface area (Å²) >= 11 is 0. The van der Waals surface area contributed by atoms with Crippen molar-refractivity contribution in [3.63, 3.8) is 0 Å². The molecule has 0 N–H and O–H groups in total. The van der Waals surface area contributed by atoms with Gasteiger partial charge in [-0.05, 0) is 12.1 Å². The van der Waals surface area contributed by atoms with Crippen molar-refractivity contribution < 1.29 is 13.0 Å². The minimum absolute atomic E-state index is 0.352. The lowest BCUT2D eigenvalue weighted by molar-refractivity contribution is -0.688. The fraction of sp³-hybridized carbons (Fsp3) is 0.167. The Morgan fingerprint density at radius 1 is 1.24 bits per heavy atom. The van der Waals surface area contributed by atoms with Crippen LogP contribution in [0.2, 0.25) is 0 Å². The number of hydrogen-bond acceptors (Lipinski definition) is 3. The van der Waals surface area contributed by atoms with Gasteiger partial charge in [-0.3, -0.25) is 4.98 Å². The molecule has 0 fully saturated rings. The minimum atomic E-state index is -3.14. The summed E-state index contributed by atoms with van der Waals surface area (Å²) in [6.07, 6.45) is 8.28. The lowest BCUT2D eigenvalue weighted by Gasteiger charge is -2.01. The molecular formula is C12H13N2O2S+. The van der Waals surface area contributed by atoms with Crippen molar-refractivity contribution >= 4 is 9.84 Å². The smallest absolute Gasteiger partial charge is 0.187 e. The third-order valence-electron chi connectivity index (χ3n) is 2.38. The summed E-state index contributed by atoms with van der Waals surface area (Å²) in [5.74, 6) is 0. The van der Waals surface area contributed by atoms with E-state index in [0.717, 1.165) is 5.56 Å². The highest BCUT2D eigenvalue weighted by Crippen LogP contribution is 2.10. The van der Waals surface area contributed by atoms with Crippen molar-refractivity contribution in [2.45, 2.75) is 11.4 Å². The zero-order valence-corrected chi connectivity index (χ0v) is 10.3. The van der Waals surface area contributed by atoms with Gasteiger partial charge >= 0.3 is 0 Å². The molecule has 0 radical (unpaired) electrons. The maximum Gasteiger partial charge on any atom is 0.187 e. The predicted molar refractivity (Wildman–Crippen MR) is 63.1 cm³/mol. The highest BCUT2D eigenvalue weighted by Gasteiger charge is 2.09. The van der Waals surface area contributed by atoms with Gasteiger partial charge < -0.3 is 0 Å². The van der Waals surface area contributed by atoms with Crippen LogP contribution in [-0.4, -0.2) is 19.7 Å². The molecule has 4 nitrogen and oxygen atoms in total. The molecule has 17 heavy (non-hydrogen) atoms. The van der Waals surface area contributed by atoms with Gasteiger partial charge in [0.2, 0.25) is 0 Å². The van der Waals surface area contributed by atoms with Crippen molar-refractivity contribution in [3.8, 4) is 0 Å². The summed E-state index contributed by atoms with van der Waals surface area (Å²) in [5.41, 5.74) is 0.948. The summed E-state index contributed by atoms with van der Waals surface area (Å²) in [6, 6.07) is 6.97. The van der Waals surface area contributed by atoms with E-state index in [1.165, 1.54) is 6.26 Å². The molecule has 1 aromatic carbocycles. The van der Waals surface area contributed by atoms with E-state index in [1.54, 1.807) is 30.6 Å². The summed E-state index contributed by atoms with van der Waals surface area (Å²) in [7, 11) is -3.14. The molecule has 5 heteroatoms. The Morgan fingerprint density at radius 2 is 1.94 bits per heavy atom. The van der Waals surface area contributed by atoms with Crippen LogP contribution in [-0.2, 0) is 16.4 Å². The average molecular weight is 249 g/mol. The van der Waals surface area contributed by atoms with Gasteiger partial charge in [-0.15, -0.1) is 0 Å². The number of nitrogens with zero attached hydrogens (tertiary/aromatic N) is 2. The standard InChI is InChI=1S/C12H13N2O2S/c1-17(15,16)12-4-2-3-11(9-12)10-14-7-5-13-6-8-14/h2-9H,10H2,1H3/q+1. The molecule has 0 spiro atoms. The van der Waals surface area contributed by atoms with Crippen LogP contribution in [0, 0.1) is 0 Å². The second-order valence-electron chi connectivity index (χ2n) is 3.84. The van der Waals surface area contributed by atoms with Crippen molar-refractivity contribution in [2.75, 3.05) is 6.26 Å². The van der Waals surface area contributed by atoms with E-state index < -0.39 is 9.84 Å². The monoisotopic (exact) mass is 249 g/mol. The molecule has 0 aliphatic heterocycles. The Bertz CT molecular complexity index is 609. The Hall–Kier alpha value is -1.75. The van der Waals surface area contributed by atoms with Gasteiger partial charge in [-0.25, -0.2) is 8.42 Å². The lowest BCUT2D eigenvalue weighted by Crippen LogP contribution is -2.33. The molecule has 0 unspecified atom stereocenters. The third-order valence-corrected chi connectivity index (χ3v) is 3.49. The van der Waals surface area contributed by atoms with E-state index in [9.17, 15) is 8.42 Å². The van der Waals surface area contributed by atoms with Crippen LogP contribution in [0.5, 0.6) is 0 Å². The Labute approximate surface area is 100 Å². The molecular weight excluding hydrogens is 236 g/mol. The summed E-state index contributed by atoms with van der Waals surface area (Å²) < 4.78 is 24.8. The van der Waals surface area contributed by atoms with E-state index >= 15 is 0 Å². The third kappa shape index (κ3) is 3.10. The summed E-state index contributed by atoms with van der Waals surface area (Å²) in [5, 5.41) is 0. The van der Waals surface area contributed by atoms with Crippen molar-refractivity contribution in [3.05, 3.63) is 54.6 Å². The second kappa shape index (κ2) is 4.63. The van der Waals surface area contributed by atoms with Crippen LogP contribution < -0.4 is 4.57 Å². The molecule has 1 heterocycles. The maximum atomic E-state index is 11.4. The summed E-state index contributed by atoms with van der Waals surface area (Å²) in [4.78, 5) is 4.28. The number of sulfone groups is 1. The zero-order valence-electron chi connectivity index (χ0n) is 9.45. The first-order valence-electron chi connectivity index (χ1n) is 5.14. The zero-order chi connectivity index (χ0) is 12.3. The fourth-order valence-electron chi connectivity index (χ4n) is 1.54. The molecule has 2 aromatic rings. The Kier molecular flexibility index (Phi) is 3.19. The Balaban J connectivity index is 2.29. The van der Waals surface area contributed by atoms with Crippen LogP contribution in [0.15, 0.2) is 53.9 Å². The average Bonchev–Trinajstić information content (AvgIpc) is 2.29. The first-order chi connectivity index (χ1) is 8.05. The molecule has 0 bridgehead atoms. The van der Waals surface area contributed by atoms with Gasteiger partial charge in [0, 0.05) is 11.8 Å². The molecule has 0 atom stereocenters. The van der Waals surface area contributed by atoms with Crippen LogP contribution in [0.4, 0.5) is 0 Å².